The van der Waals surface area contributed by atoms with Crippen molar-refractivity contribution in [3.8, 4) is 5.69 Å². The number of halogens is 3. The Labute approximate surface area is 113 Å². The summed E-state index contributed by atoms with van der Waals surface area (Å²) in [7, 11) is 0. The van der Waals surface area contributed by atoms with E-state index in [1.165, 1.54) is 10.9 Å². The van der Waals surface area contributed by atoms with Crippen LogP contribution in [-0.4, -0.2) is 16.1 Å². The van der Waals surface area contributed by atoms with E-state index in [0.29, 0.717) is 32.0 Å². The van der Waals surface area contributed by atoms with Gasteiger partial charge in [0.2, 0.25) is 0 Å². The molecule has 0 bridgehead atoms. The monoisotopic (exact) mass is 288 g/mol. The number of rotatable bonds is 2. The van der Waals surface area contributed by atoms with Crippen molar-refractivity contribution in [1.29, 1.82) is 0 Å². The molecule has 88 valence electrons. The van der Waals surface area contributed by atoms with Gasteiger partial charge < -0.3 is 0 Å². The molecule has 17 heavy (non-hydrogen) atoms. The summed E-state index contributed by atoms with van der Waals surface area (Å²) in [6.07, 6.45) is 2.19. The van der Waals surface area contributed by atoms with Gasteiger partial charge in [-0.15, -0.1) is 0 Å². The minimum atomic E-state index is 0.381. The predicted octanol–water partition coefficient (Wildman–Crippen LogP) is 3.95. The molecule has 1 aromatic heterocycles. The van der Waals surface area contributed by atoms with Crippen LogP contribution in [0.1, 0.15) is 16.1 Å². The van der Waals surface area contributed by atoms with E-state index < -0.39 is 0 Å². The predicted molar refractivity (Wildman–Crippen MR) is 68.7 cm³/mol. The maximum absolute atomic E-state index is 10.8. The standard InChI is InChI=1S/C11H7Cl3N2O/c1-6-7(5-17)4-15-16(6)11-9(13)2-8(12)3-10(11)14/h2-5H,1H3. The molecule has 2 rings (SSSR count). The highest BCUT2D eigenvalue weighted by atomic mass is 35.5. The van der Waals surface area contributed by atoms with Gasteiger partial charge in [-0.3, -0.25) is 4.79 Å². The summed E-state index contributed by atoms with van der Waals surface area (Å²) >= 11 is 18.0. The molecule has 3 nitrogen and oxygen atoms in total. The molecule has 0 aliphatic rings. The Hall–Kier alpha value is -1.03. The van der Waals surface area contributed by atoms with Gasteiger partial charge in [-0.25, -0.2) is 4.68 Å². The zero-order valence-corrected chi connectivity index (χ0v) is 11.0. The minimum absolute atomic E-state index is 0.381. The molecule has 0 fully saturated rings. The lowest BCUT2D eigenvalue weighted by Crippen LogP contribution is -2.01. The molecular formula is C11H7Cl3N2O. The molecule has 0 saturated heterocycles. The Morgan fingerprint density at radius 3 is 2.29 bits per heavy atom. The van der Waals surface area contributed by atoms with Crippen LogP contribution in [-0.2, 0) is 0 Å². The SMILES string of the molecule is Cc1c(C=O)cnn1-c1c(Cl)cc(Cl)cc1Cl. The highest BCUT2D eigenvalue weighted by Crippen LogP contribution is 2.32. The quantitative estimate of drug-likeness (QED) is 0.785. The number of carbonyl (C=O) groups excluding carboxylic acids is 1. The van der Waals surface area contributed by atoms with Crippen molar-refractivity contribution in [3.05, 3.63) is 44.7 Å². The summed E-state index contributed by atoms with van der Waals surface area (Å²) in [5.41, 5.74) is 1.68. The third kappa shape index (κ3) is 2.18. The summed E-state index contributed by atoms with van der Waals surface area (Å²) in [4.78, 5) is 10.8. The van der Waals surface area contributed by atoms with Gasteiger partial charge in [-0.1, -0.05) is 34.8 Å². The van der Waals surface area contributed by atoms with Gasteiger partial charge in [0.25, 0.3) is 0 Å². The van der Waals surface area contributed by atoms with Crippen LogP contribution in [0.2, 0.25) is 15.1 Å². The van der Waals surface area contributed by atoms with Crippen molar-refractivity contribution < 1.29 is 4.79 Å². The van der Waals surface area contributed by atoms with Crippen molar-refractivity contribution in [3.63, 3.8) is 0 Å². The number of aromatic nitrogens is 2. The Morgan fingerprint density at radius 1 is 1.24 bits per heavy atom. The molecule has 0 N–H and O–H groups in total. The lowest BCUT2D eigenvalue weighted by Gasteiger charge is -2.09. The largest absolute Gasteiger partial charge is 0.298 e. The van der Waals surface area contributed by atoms with Gasteiger partial charge in [0.05, 0.1) is 27.5 Å². The van der Waals surface area contributed by atoms with Gasteiger partial charge in [0, 0.05) is 5.02 Å². The second-order valence-corrected chi connectivity index (χ2v) is 4.68. The normalized spacial score (nSPS) is 10.6. The first-order chi connectivity index (χ1) is 8.04. The molecule has 2 aromatic rings. The third-order valence-electron chi connectivity index (χ3n) is 2.37. The van der Waals surface area contributed by atoms with Crippen LogP contribution in [0, 0.1) is 6.92 Å². The topological polar surface area (TPSA) is 34.9 Å². The molecule has 0 radical (unpaired) electrons. The molecule has 1 heterocycles. The van der Waals surface area contributed by atoms with Crippen molar-refractivity contribution in [2.45, 2.75) is 6.92 Å². The third-order valence-corrected chi connectivity index (χ3v) is 3.16. The van der Waals surface area contributed by atoms with Gasteiger partial charge in [0.1, 0.15) is 5.69 Å². The molecular weight excluding hydrogens is 282 g/mol. The number of benzene rings is 1. The van der Waals surface area contributed by atoms with E-state index in [4.69, 9.17) is 34.8 Å². The molecule has 0 aliphatic heterocycles. The molecule has 0 aliphatic carbocycles. The van der Waals surface area contributed by atoms with Crippen molar-refractivity contribution >= 4 is 41.1 Å². The van der Waals surface area contributed by atoms with Crippen LogP contribution in [0.25, 0.3) is 5.69 Å². The van der Waals surface area contributed by atoms with Crippen LogP contribution in [0.3, 0.4) is 0 Å². The number of carbonyl (C=O) groups is 1. The van der Waals surface area contributed by atoms with Gasteiger partial charge >= 0.3 is 0 Å². The lowest BCUT2D eigenvalue weighted by molar-refractivity contribution is 0.112. The molecule has 0 amide bonds. The summed E-state index contributed by atoms with van der Waals surface area (Å²) < 4.78 is 1.52. The van der Waals surface area contributed by atoms with E-state index in [0.717, 1.165) is 6.29 Å². The van der Waals surface area contributed by atoms with Crippen LogP contribution in [0.5, 0.6) is 0 Å². The number of hydrogen-bond donors (Lipinski definition) is 0. The van der Waals surface area contributed by atoms with Crippen LogP contribution < -0.4 is 0 Å². The fourth-order valence-corrected chi connectivity index (χ4v) is 2.48. The molecule has 0 unspecified atom stereocenters. The molecule has 1 aromatic carbocycles. The number of hydrogen-bond acceptors (Lipinski definition) is 2. The average molecular weight is 290 g/mol. The highest BCUT2D eigenvalue weighted by Gasteiger charge is 2.14. The van der Waals surface area contributed by atoms with E-state index in [2.05, 4.69) is 5.10 Å². The van der Waals surface area contributed by atoms with Crippen LogP contribution in [0.4, 0.5) is 0 Å². The van der Waals surface area contributed by atoms with Crippen LogP contribution >= 0.6 is 34.8 Å². The summed E-state index contributed by atoms with van der Waals surface area (Å²) in [5, 5.41) is 5.29. The first-order valence-electron chi connectivity index (χ1n) is 4.69. The number of nitrogens with zero attached hydrogens (tertiary/aromatic N) is 2. The molecule has 0 saturated carbocycles. The van der Waals surface area contributed by atoms with E-state index >= 15 is 0 Å². The van der Waals surface area contributed by atoms with Gasteiger partial charge in [-0.2, -0.15) is 5.10 Å². The lowest BCUT2D eigenvalue weighted by atomic mass is 10.2. The van der Waals surface area contributed by atoms with Crippen molar-refractivity contribution in [1.82, 2.24) is 9.78 Å². The number of aldehydes is 1. The van der Waals surface area contributed by atoms with E-state index in [1.807, 2.05) is 0 Å². The molecule has 0 spiro atoms. The van der Waals surface area contributed by atoms with E-state index in [1.54, 1.807) is 19.1 Å². The van der Waals surface area contributed by atoms with Crippen molar-refractivity contribution in [2.75, 3.05) is 0 Å². The van der Waals surface area contributed by atoms with Crippen LogP contribution in [0.15, 0.2) is 18.3 Å². The van der Waals surface area contributed by atoms with Gasteiger partial charge in [0.15, 0.2) is 6.29 Å². The zero-order valence-electron chi connectivity index (χ0n) is 8.75. The summed E-state index contributed by atoms with van der Waals surface area (Å²) in [6.45, 7) is 1.76. The Morgan fingerprint density at radius 2 is 1.82 bits per heavy atom. The highest BCUT2D eigenvalue weighted by molar-refractivity contribution is 6.40. The van der Waals surface area contributed by atoms with Crippen molar-refractivity contribution in [2.24, 2.45) is 0 Å². The smallest absolute Gasteiger partial charge is 0.153 e. The Bertz CT molecular complexity index is 569. The summed E-state index contributed by atoms with van der Waals surface area (Å²) in [6, 6.07) is 3.15. The van der Waals surface area contributed by atoms with E-state index in [-0.39, 0.29) is 0 Å². The zero-order chi connectivity index (χ0) is 12.6. The second-order valence-electron chi connectivity index (χ2n) is 3.43. The summed E-state index contributed by atoms with van der Waals surface area (Å²) in [5.74, 6) is 0. The van der Waals surface area contributed by atoms with E-state index in [9.17, 15) is 4.79 Å². The maximum atomic E-state index is 10.8. The van der Waals surface area contributed by atoms with Gasteiger partial charge in [-0.05, 0) is 19.1 Å². The molecule has 6 heteroatoms. The fraction of sp³-hybridized carbons (Fsp3) is 0.0909. The first kappa shape index (κ1) is 12.4. The second kappa shape index (κ2) is 4.69. The Kier molecular flexibility index (Phi) is 3.43. The fourth-order valence-electron chi connectivity index (χ4n) is 1.50. The average Bonchev–Trinajstić information content (AvgIpc) is 2.59. The first-order valence-corrected chi connectivity index (χ1v) is 5.82. The maximum Gasteiger partial charge on any atom is 0.153 e. The minimum Gasteiger partial charge on any atom is -0.298 e. The molecule has 0 atom stereocenters. The Balaban J connectivity index is 2.68.